The Hall–Kier alpha value is 0.980. The monoisotopic (exact) mass is 247 g/mol. The number of piperidine rings is 1. The van der Waals surface area contributed by atoms with Crippen molar-refractivity contribution < 1.29 is 0 Å². The molecule has 0 amide bonds. The van der Waals surface area contributed by atoms with Gasteiger partial charge in [0.1, 0.15) is 0 Å². The Balaban J connectivity index is 0.000000490. The smallest absolute Gasteiger partial charge is 0.0134 e. The molecule has 0 spiro atoms. The van der Waals surface area contributed by atoms with Crippen LogP contribution in [0.5, 0.6) is 0 Å². The van der Waals surface area contributed by atoms with Crippen LogP contribution in [0.3, 0.4) is 0 Å². The molecular weight excluding hydrogens is 236 g/mol. The lowest BCUT2D eigenvalue weighted by molar-refractivity contribution is 0.543. The predicted molar refractivity (Wildman–Crippen MR) is 47.2 cm³/mol. The van der Waals surface area contributed by atoms with Gasteiger partial charge in [0.05, 0.1) is 0 Å². The van der Waals surface area contributed by atoms with Crippen molar-refractivity contribution in [2.45, 2.75) is 16.8 Å². The van der Waals surface area contributed by atoms with E-state index in [4.69, 9.17) is 0 Å². The molecule has 1 aliphatic heterocycles. The minimum absolute atomic E-state index is 0. The number of hydrogen-bond donors (Lipinski definition) is 1. The Morgan fingerprint density at radius 2 is 1.75 bits per heavy atom. The lowest BCUT2D eigenvalue weighted by Gasteiger charge is -2.15. The lowest BCUT2D eigenvalue weighted by Crippen LogP contribution is -2.27. The number of hydrogen-bond acceptors (Lipinski definition) is 1. The van der Waals surface area contributed by atoms with Crippen LogP contribution >= 0.6 is 35.0 Å². The van der Waals surface area contributed by atoms with Crippen LogP contribution in [0.25, 0.3) is 0 Å². The summed E-state index contributed by atoms with van der Waals surface area (Å²) in [6.45, 7) is 2.46. The van der Waals surface area contributed by atoms with E-state index in [1.807, 2.05) is 0 Å². The molecule has 0 unspecified atom stereocenters. The highest BCUT2D eigenvalue weighted by Crippen LogP contribution is 2.11. The molecule has 0 radical (unpaired) electrons. The Bertz CT molecular complexity index is 54.4. The maximum Gasteiger partial charge on any atom is 0.0134 e. The molecule has 0 aromatic rings. The minimum atomic E-state index is 0. The lowest BCUT2D eigenvalue weighted by atomic mass is 10.2. The second kappa shape index (κ2) is 4.82. The molecular formula is C5H11ClIN. The quantitative estimate of drug-likeness (QED) is 0.506. The van der Waals surface area contributed by atoms with E-state index in [1.54, 1.807) is 0 Å². The summed E-state index contributed by atoms with van der Waals surface area (Å²) < 4.78 is 0.943. The molecule has 0 aromatic heterocycles. The van der Waals surface area contributed by atoms with Crippen molar-refractivity contribution in [3.8, 4) is 0 Å². The molecule has 1 fully saturated rings. The zero-order valence-electron chi connectivity index (χ0n) is 4.69. The fraction of sp³-hybridized carbons (Fsp3) is 1.00. The SMILES string of the molecule is Cl.IC1CCNCC1. The van der Waals surface area contributed by atoms with Gasteiger partial charge in [-0.2, -0.15) is 0 Å². The van der Waals surface area contributed by atoms with Crippen molar-refractivity contribution >= 4 is 35.0 Å². The van der Waals surface area contributed by atoms with Crippen LogP contribution in [0.15, 0.2) is 0 Å². The maximum atomic E-state index is 3.31. The molecule has 1 rings (SSSR count). The summed E-state index contributed by atoms with van der Waals surface area (Å²) in [7, 11) is 0. The molecule has 50 valence electrons. The van der Waals surface area contributed by atoms with Gasteiger partial charge in [0.25, 0.3) is 0 Å². The third-order valence-corrected chi connectivity index (χ3v) is 2.51. The summed E-state index contributed by atoms with van der Waals surface area (Å²) >= 11 is 2.52. The highest BCUT2D eigenvalue weighted by atomic mass is 127. The van der Waals surface area contributed by atoms with Gasteiger partial charge in [-0.1, -0.05) is 22.6 Å². The van der Waals surface area contributed by atoms with Gasteiger partial charge in [-0.3, -0.25) is 0 Å². The molecule has 1 nitrogen and oxygen atoms in total. The van der Waals surface area contributed by atoms with Gasteiger partial charge < -0.3 is 5.32 Å². The number of alkyl halides is 1. The third-order valence-electron chi connectivity index (χ3n) is 1.27. The summed E-state index contributed by atoms with van der Waals surface area (Å²) in [4.78, 5) is 0. The first-order chi connectivity index (χ1) is 3.39. The standard InChI is InChI=1S/C5H10IN.ClH/c6-5-1-3-7-4-2-5;/h5,7H,1-4H2;1H. The van der Waals surface area contributed by atoms with Crippen molar-refractivity contribution in [2.75, 3.05) is 13.1 Å². The van der Waals surface area contributed by atoms with Crippen molar-refractivity contribution in [1.29, 1.82) is 0 Å². The van der Waals surface area contributed by atoms with E-state index in [2.05, 4.69) is 27.9 Å². The first-order valence-electron chi connectivity index (χ1n) is 2.74. The summed E-state index contributed by atoms with van der Waals surface area (Å²) in [6, 6.07) is 0. The van der Waals surface area contributed by atoms with Crippen molar-refractivity contribution in [1.82, 2.24) is 5.32 Å². The van der Waals surface area contributed by atoms with Crippen molar-refractivity contribution in [3.63, 3.8) is 0 Å². The van der Waals surface area contributed by atoms with Crippen molar-refractivity contribution in [3.05, 3.63) is 0 Å². The van der Waals surface area contributed by atoms with E-state index in [9.17, 15) is 0 Å². The zero-order valence-corrected chi connectivity index (χ0v) is 7.67. The maximum absolute atomic E-state index is 3.31. The average molecular weight is 248 g/mol. The van der Waals surface area contributed by atoms with Crippen molar-refractivity contribution in [2.24, 2.45) is 0 Å². The molecule has 1 heterocycles. The van der Waals surface area contributed by atoms with Crippen LogP contribution in [0.2, 0.25) is 0 Å². The third kappa shape index (κ3) is 3.10. The summed E-state index contributed by atoms with van der Waals surface area (Å²) in [5, 5.41) is 3.31. The van der Waals surface area contributed by atoms with Gasteiger partial charge in [0.15, 0.2) is 0 Å². The van der Waals surface area contributed by atoms with E-state index in [0.717, 1.165) is 3.92 Å². The van der Waals surface area contributed by atoms with Crippen LogP contribution in [0, 0.1) is 0 Å². The van der Waals surface area contributed by atoms with Crippen LogP contribution in [-0.2, 0) is 0 Å². The van der Waals surface area contributed by atoms with Gasteiger partial charge in [0, 0.05) is 3.92 Å². The fourth-order valence-electron chi connectivity index (χ4n) is 0.787. The molecule has 1 aliphatic rings. The molecule has 0 saturated carbocycles. The highest BCUT2D eigenvalue weighted by molar-refractivity contribution is 14.1. The Morgan fingerprint density at radius 1 is 1.25 bits per heavy atom. The Labute approximate surface area is 70.2 Å². The summed E-state index contributed by atoms with van der Waals surface area (Å²) in [5.74, 6) is 0. The average Bonchev–Trinajstić information content (AvgIpc) is 1.69. The second-order valence-electron chi connectivity index (χ2n) is 1.92. The Kier molecular flexibility index (Phi) is 5.41. The fourth-order valence-corrected chi connectivity index (χ4v) is 1.41. The van der Waals surface area contributed by atoms with E-state index in [0.29, 0.717) is 0 Å². The first-order valence-corrected chi connectivity index (χ1v) is 3.99. The molecule has 8 heavy (non-hydrogen) atoms. The van der Waals surface area contributed by atoms with Gasteiger partial charge in [-0.05, 0) is 25.9 Å². The molecule has 0 atom stereocenters. The predicted octanol–water partition coefficient (Wildman–Crippen LogP) is 1.60. The Morgan fingerprint density at radius 3 is 2.00 bits per heavy atom. The van der Waals surface area contributed by atoms with E-state index < -0.39 is 0 Å². The van der Waals surface area contributed by atoms with E-state index in [-0.39, 0.29) is 12.4 Å². The minimum Gasteiger partial charge on any atom is -0.317 e. The molecule has 3 heteroatoms. The molecule has 0 aliphatic carbocycles. The van der Waals surface area contributed by atoms with Gasteiger partial charge in [-0.25, -0.2) is 0 Å². The number of nitrogens with one attached hydrogen (secondary N) is 1. The molecule has 1 N–H and O–H groups in total. The highest BCUT2D eigenvalue weighted by Gasteiger charge is 2.06. The molecule has 0 bridgehead atoms. The summed E-state index contributed by atoms with van der Waals surface area (Å²) in [5.41, 5.74) is 0. The van der Waals surface area contributed by atoms with E-state index in [1.165, 1.54) is 25.9 Å². The van der Waals surface area contributed by atoms with E-state index >= 15 is 0 Å². The molecule has 0 aromatic carbocycles. The normalized spacial score (nSPS) is 22.1. The first kappa shape index (κ1) is 8.98. The summed E-state index contributed by atoms with van der Waals surface area (Å²) in [6.07, 6.45) is 2.72. The van der Waals surface area contributed by atoms with Gasteiger partial charge in [0.2, 0.25) is 0 Å². The topological polar surface area (TPSA) is 12.0 Å². The van der Waals surface area contributed by atoms with Crippen LogP contribution in [-0.4, -0.2) is 17.0 Å². The van der Waals surface area contributed by atoms with Gasteiger partial charge >= 0.3 is 0 Å². The largest absolute Gasteiger partial charge is 0.317 e. The number of rotatable bonds is 0. The van der Waals surface area contributed by atoms with Gasteiger partial charge in [-0.15, -0.1) is 12.4 Å². The number of halogens is 2. The zero-order chi connectivity index (χ0) is 5.11. The molecule has 1 saturated heterocycles. The second-order valence-corrected chi connectivity index (χ2v) is 3.69. The van der Waals surface area contributed by atoms with Crippen LogP contribution in [0.1, 0.15) is 12.8 Å². The van der Waals surface area contributed by atoms with Crippen LogP contribution in [0.4, 0.5) is 0 Å². The van der Waals surface area contributed by atoms with Crippen LogP contribution < -0.4 is 5.32 Å².